The number of aromatic nitrogens is 3. The highest BCUT2D eigenvalue weighted by molar-refractivity contribution is 8.14. The zero-order valence-electron chi connectivity index (χ0n) is 26.3. The molecule has 0 bridgehead atoms. The molecule has 1 atom stereocenters. The SMILES string of the molecule is CCc1ccccc1N1C(=NC(=O)NCC(C)(C)Cc2ccc(-c3ncn(-c4ccc(OC(F)F)cc4)n3)cc2)SCCC1C.F. The molecule has 1 aromatic heterocycles. The molecule has 12 heteroatoms. The molecule has 244 valence electrons. The van der Waals surface area contributed by atoms with E-state index in [9.17, 15) is 13.6 Å². The number of halogens is 3. The molecule has 0 saturated carbocycles. The molecule has 1 unspecified atom stereocenters. The number of amides is 2. The first-order valence-corrected chi connectivity index (χ1v) is 16.0. The van der Waals surface area contributed by atoms with Crippen molar-refractivity contribution in [2.24, 2.45) is 10.4 Å². The maximum Gasteiger partial charge on any atom is 0.387 e. The van der Waals surface area contributed by atoms with E-state index in [1.807, 2.05) is 30.3 Å². The molecule has 3 aromatic carbocycles. The number of rotatable bonds is 10. The van der Waals surface area contributed by atoms with Gasteiger partial charge in [-0.3, -0.25) is 4.70 Å². The van der Waals surface area contributed by atoms with Gasteiger partial charge in [-0.1, -0.05) is 75.0 Å². The lowest BCUT2D eigenvalue weighted by Crippen LogP contribution is -2.43. The zero-order chi connectivity index (χ0) is 32.0. The van der Waals surface area contributed by atoms with Crippen molar-refractivity contribution in [2.75, 3.05) is 17.2 Å². The van der Waals surface area contributed by atoms with Crippen LogP contribution in [0.4, 0.5) is 24.0 Å². The molecule has 0 spiro atoms. The number of urea groups is 1. The summed E-state index contributed by atoms with van der Waals surface area (Å²) < 4.78 is 30.8. The number of carbonyl (C=O) groups is 1. The van der Waals surface area contributed by atoms with Gasteiger partial charge in [0.1, 0.15) is 12.1 Å². The molecule has 1 aliphatic heterocycles. The van der Waals surface area contributed by atoms with E-state index in [-0.39, 0.29) is 27.9 Å². The quantitative estimate of drug-likeness (QED) is 0.187. The Kier molecular flexibility index (Phi) is 11.5. The summed E-state index contributed by atoms with van der Waals surface area (Å²) in [5.41, 5.74) is 4.80. The van der Waals surface area contributed by atoms with Gasteiger partial charge in [-0.05, 0) is 73.1 Å². The van der Waals surface area contributed by atoms with Crippen LogP contribution in [0.15, 0.2) is 84.1 Å². The Morgan fingerprint density at radius 2 is 1.83 bits per heavy atom. The van der Waals surface area contributed by atoms with E-state index in [4.69, 9.17) is 0 Å². The van der Waals surface area contributed by atoms with E-state index in [2.05, 4.69) is 75.9 Å². The van der Waals surface area contributed by atoms with Crippen LogP contribution in [0.5, 0.6) is 5.75 Å². The van der Waals surface area contributed by atoms with Crippen LogP contribution in [0.1, 0.15) is 45.2 Å². The van der Waals surface area contributed by atoms with E-state index in [1.54, 1.807) is 34.9 Å². The molecule has 1 saturated heterocycles. The summed E-state index contributed by atoms with van der Waals surface area (Å²) in [6.07, 6.45) is 4.27. The normalized spacial score (nSPS) is 15.9. The molecule has 2 heterocycles. The first-order chi connectivity index (χ1) is 21.6. The van der Waals surface area contributed by atoms with Crippen molar-refractivity contribution in [3.05, 3.63) is 90.3 Å². The minimum atomic E-state index is -2.87. The van der Waals surface area contributed by atoms with E-state index < -0.39 is 6.61 Å². The van der Waals surface area contributed by atoms with Crippen molar-refractivity contribution in [2.45, 2.75) is 59.6 Å². The number of anilines is 1. The van der Waals surface area contributed by atoms with Crippen LogP contribution < -0.4 is 15.0 Å². The van der Waals surface area contributed by atoms with Crippen LogP contribution in [0.2, 0.25) is 0 Å². The number of aliphatic imine (C=N–C) groups is 1. The Bertz CT molecular complexity index is 1630. The van der Waals surface area contributed by atoms with Crippen molar-refractivity contribution in [1.29, 1.82) is 0 Å². The van der Waals surface area contributed by atoms with E-state index in [0.29, 0.717) is 18.1 Å². The van der Waals surface area contributed by atoms with Crippen molar-refractivity contribution >= 4 is 28.6 Å². The third kappa shape index (κ3) is 8.68. The fraction of sp³-hybridized carbons (Fsp3) is 0.353. The molecule has 1 fully saturated rings. The molecule has 8 nitrogen and oxygen atoms in total. The third-order valence-electron chi connectivity index (χ3n) is 7.67. The first-order valence-electron chi connectivity index (χ1n) is 15.0. The highest BCUT2D eigenvalue weighted by Gasteiger charge is 2.28. The van der Waals surface area contributed by atoms with Crippen LogP contribution in [0.25, 0.3) is 17.1 Å². The van der Waals surface area contributed by atoms with Gasteiger partial charge in [0.25, 0.3) is 0 Å². The van der Waals surface area contributed by atoms with E-state index in [0.717, 1.165) is 47.0 Å². The number of hydrogen-bond acceptors (Lipinski definition) is 5. The van der Waals surface area contributed by atoms with Crippen molar-refractivity contribution in [1.82, 2.24) is 20.1 Å². The summed E-state index contributed by atoms with van der Waals surface area (Å²) >= 11 is 1.63. The number of benzene rings is 3. The number of aryl methyl sites for hydroxylation is 1. The Morgan fingerprint density at radius 3 is 2.52 bits per heavy atom. The number of alkyl halides is 2. The molecule has 0 radical (unpaired) electrons. The van der Waals surface area contributed by atoms with Crippen LogP contribution in [-0.2, 0) is 12.8 Å². The number of carbonyl (C=O) groups excluding carboxylic acids is 1. The van der Waals surface area contributed by atoms with Gasteiger partial charge in [-0.25, -0.2) is 14.5 Å². The van der Waals surface area contributed by atoms with Crippen LogP contribution in [0, 0.1) is 5.41 Å². The predicted molar refractivity (Wildman–Crippen MR) is 179 cm³/mol. The van der Waals surface area contributed by atoms with Gasteiger partial charge < -0.3 is 15.0 Å². The zero-order valence-corrected chi connectivity index (χ0v) is 27.1. The smallest absolute Gasteiger partial charge is 0.387 e. The van der Waals surface area contributed by atoms with Crippen LogP contribution in [-0.4, -0.2) is 50.9 Å². The topological polar surface area (TPSA) is 84.6 Å². The van der Waals surface area contributed by atoms with Crippen LogP contribution >= 0.6 is 11.8 Å². The standard InChI is InChI=1S/C34H38F2N6O2S.FH/c1-5-25-8-6-7-9-29(25)42-23(2)18-19-45-33(42)39-32(43)37-21-34(3,4)20-24-10-12-26(13-11-24)30-38-22-41(40-30)27-14-16-28(17-15-27)44-31(35)36;/h6-17,22-23,31H,5,18-21H2,1-4H3,(H,37,43);1H. The Balaban J connectivity index is 0.00000480. The van der Waals surface area contributed by atoms with Gasteiger partial charge >= 0.3 is 12.6 Å². The van der Waals surface area contributed by atoms with Gasteiger partial charge in [-0.2, -0.15) is 13.8 Å². The summed E-state index contributed by atoms with van der Waals surface area (Å²) in [6, 6.07) is 22.5. The first kappa shape index (κ1) is 34.6. The number of ether oxygens (including phenoxy) is 1. The number of thioether (sulfide) groups is 1. The molecule has 46 heavy (non-hydrogen) atoms. The number of para-hydroxylation sites is 1. The fourth-order valence-corrected chi connectivity index (χ4v) is 6.51. The van der Waals surface area contributed by atoms with Gasteiger partial charge in [0.15, 0.2) is 11.0 Å². The van der Waals surface area contributed by atoms with Crippen molar-refractivity contribution in [3.63, 3.8) is 0 Å². The van der Waals surface area contributed by atoms with Crippen molar-refractivity contribution in [3.8, 4) is 22.8 Å². The Hall–Kier alpha value is -4.32. The largest absolute Gasteiger partial charge is 0.435 e. The molecule has 2 amide bonds. The molecule has 0 aliphatic carbocycles. The lowest BCUT2D eigenvalue weighted by Gasteiger charge is -2.36. The summed E-state index contributed by atoms with van der Waals surface area (Å²) in [7, 11) is 0. The molecular weight excluding hydrogens is 613 g/mol. The van der Waals surface area contributed by atoms with Gasteiger partial charge in [0.2, 0.25) is 0 Å². The lowest BCUT2D eigenvalue weighted by molar-refractivity contribution is -0.0498. The summed E-state index contributed by atoms with van der Waals surface area (Å²) in [4.78, 5) is 24.2. The average molecular weight is 653 g/mol. The minimum absolute atomic E-state index is 0. The number of nitrogens with one attached hydrogen (secondary N) is 1. The monoisotopic (exact) mass is 652 g/mol. The summed E-state index contributed by atoms with van der Waals surface area (Å²) in [5, 5.41) is 8.32. The van der Waals surface area contributed by atoms with Crippen LogP contribution in [0.3, 0.4) is 0 Å². The fourth-order valence-electron chi connectivity index (χ4n) is 5.31. The number of hydrogen-bond donors (Lipinski definition) is 1. The summed E-state index contributed by atoms with van der Waals surface area (Å²) in [6.45, 7) is 6.18. The van der Waals surface area contributed by atoms with E-state index >= 15 is 0 Å². The third-order valence-corrected chi connectivity index (χ3v) is 8.66. The second-order valence-electron chi connectivity index (χ2n) is 11.8. The minimum Gasteiger partial charge on any atom is -0.435 e. The maximum atomic E-state index is 13.0. The molecule has 5 rings (SSSR count). The average Bonchev–Trinajstić information content (AvgIpc) is 3.51. The molecular formula is C34H39F3N6O2S. The Morgan fingerprint density at radius 1 is 1.11 bits per heavy atom. The van der Waals surface area contributed by atoms with Gasteiger partial charge in [-0.15, -0.1) is 5.10 Å². The van der Waals surface area contributed by atoms with Gasteiger partial charge in [0.05, 0.1) is 5.69 Å². The van der Waals surface area contributed by atoms with Crippen molar-refractivity contribution < 1.29 is 23.0 Å². The van der Waals surface area contributed by atoms with Gasteiger partial charge in [0, 0.05) is 29.6 Å². The molecule has 1 aliphatic rings. The molecule has 1 N–H and O–H groups in total. The Labute approximate surface area is 271 Å². The highest BCUT2D eigenvalue weighted by atomic mass is 32.2. The number of amidine groups is 1. The highest BCUT2D eigenvalue weighted by Crippen LogP contribution is 2.32. The summed E-state index contributed by atoms with van der Waals surface area (Å²) in [5.74, 6) is 1.56. The lowest BCUT2D eigenvalue weighted by atomic mass is 9.85. The number of nitrogens with zero attached hydrogens (tertiary/aromatic N) is 5. The predicted octanol–water partition coefficient (Wildman–Crippen LogP) is 7.92. The second-order valence-corrected chi connectivity index (χ2v) is 12.9. The van der Waals surface area contributed by atoms with E-state index in [1.165, 1.54) is 17.7 Å². The molecule has 4 aromatic rings. The second kappa shape index (κ2) is 15.3. The maximum absolute atomic E-state index is 13.0.